The lowest BCUT2D eigenvalue weighted by atomic mass is 9.55. The van der Waals surface area contributed by atoms with Crippen molar-refractivity contribution in [3.8, 4) is 0 Å². The van der Waals surface area contributed by atoms with E-state index in [1.165, 1.54) is 9.80 Å². The third kappa shape index (κ3) is 2.90. The molecule has 36 heavy (non-hydrogen) atoms. The van der Waals surface area contributed by atoms with Crippen molar-refractivity contribution in [3.05, 3.63) is 83.0 Å². The predicted molar refractivity (Wildman–Crippen MR) is 136 cm³/mol. The second-order valence-electron chi connectivity index (χ2n) is 10.5. The third-order valence-electron chi connectivity index (χ3n) is 8.81. The molecule has 4 aliphatic rings. The summed E-state index contributed by atoms with van der Waals surface area (Å²) in [6, 6.07) is 11.2. The lowest BCUT2D eigenvalue weighted by Gasteiger charge is -2.53. The van der Waals surface area contributed by atoms with Crippen LogP contribution in [0.1, 0.15) is 22.3 Å². The number of amides is 4. The summed E-state index contributed by atoms with van der Waals surface area (Å²) in [6.07, 6.45) is 7.21. The quantitative estimate of drug-likeness (QED) is 0.477. The van der Waals surface area contributed by atoms with Gasteiger partial charge < -0.3 is 0 Å². The van der Waals surface area contributed by atoms with E-state index in [0.29, 0.717) is 11.4 Å². The first-order valence-electron chi connectivity index (χ1n) is 12.5. The molecule has 0 N–H and O–H groups in total. The first-order valence-corrected chi connectivity index (χ1v) is 12.5. The van der Waals surface area contributed by atoms with Gasteiger partial charge in [0.15, 0.2) is 0 Å². The highest BCUT2D eigenvalue weighted by atomic mass is 16.2. The molecule has 2 aliphatic carbocycles. The van der Waals surface area contributed by atoms with Gasteiger partial charge in [-0.25, -0.2) is 9.80 Å². The Kier molecular flexibility index (Phi) is 4.94. The standard InChI is InChI=1S/C30H28N2O4/c1-15-7-5-9-23(17(15)3)31-27(33)19-11-13-21-26-22(14-12-20(25(19)26)28(31)34)30(36)32(29(21)35)24-10-6-8-16(2)18(24)4/h5-14,19-22,25-26H,1-4H3/t19-,20+,21+,22-,25?,26?. The fourth-order valence-corrected chi connectivity index (χ4v) is 6.63. The molecule has 2 aromatic carbocycles. The molecule has 0 saturated carbocycles. The molecule has 6 atom stereocenters. The maximum atomic E-state index is 13.8. The number of aryl methyl sites for hydroxylation is 2. The molecule has 2 saturated heterocycles. The summed E-state index contributed by atoms with van der Waals surface area (Å²) in [6.45, 7) is 7.74. The van der Waals surface area contributed by atoms with Gasteiger partial charge in [-0.2, -0.15) is 0 Å². The molecule has 0 radical (unpaired) electrons. The van der Waals surface area contributed by atoms with Crippen LogP contribution >= 0.6 is 0 Å². The fraction of sp³-hybridized carbons (Fsp3) is 0.333. The van der Waals surface area contributed by atoms with Gasteiger partial charge >= 0.3 is 0 Å². The summed E-state index contributed by atoms with van der Waals surface area (Å²) in [4.78, 5) is 57.7. The van der Waals surface area contributed by atoms with Gasteiger partial charge in [0.2, 0.25) is 23.6 Å². The van der Waals surface area contributed by atoms with Crippen LogP contribution in [0.3, 0.4) is 0 Å². The van der Waals surface area contributed by atoms with Crippen LogP contribution in [-0.2, 0) is 19.2 Å². The van der Waals surface area contributed by atoms with Gasteiger partial charge in [0, 0.05) is 0 Å². The largest absolute Gasteiger partial charge is 0.273 e. The number of piperidine rings is 2. The van der Waals surface area contributed by atoms with E-state index < -0.39 is 35.5 Å². The highest BCUT2D eigenvalue weighted by Crippen LogP contribution is 2.53. The minimum absolute atomic E-state index is 0.282. The molecular weight excluding hydrogens is 452 g/mol. The lowest BCUT2D eigenvalue weighted by molar-refractivity contribution is -0.148. The van der Waals surface area contributed by atoms with E-state index >= 15 is 0 Å². The number of hydrogen-bond donors (Lipinski definition) is 0. The van der Waals surface area contributed by atoms with E-state index in [0.717, 1.165) is 22.3 Å². The van der Waals surface area contributed by atoms with Gasteiger partial charge in [0.1, 0.15) is 0 Å². The van der Waals surface area contributed by atoms with Crippen LogP contribution in [0.4, 0.5) is 11.4 Å². The molecule has 2 fully saturated rings. The first kappa shape index (κ1) is 22.7. The van der Waals surface area contributed by atoms with E-state index in [1.807, 2.05) is 52.0 Å². The van der Waals surface area contributed by atoms with Crippen LogP contribution in [0.5, 0.6) is 0 Å². The maximum Gasteiger partial charge on any atom is 0.241 e. The van der Waals surface area contributed by atoms with Gasteiger partial charge in [0.05, 0.1) is 35.0 Å². The number of carbonyl (C=O) groups is 4. The minimum atomic E-state index is -0.561. The van der Waals surface area contributed by atoms with E-state index in [1.54, 1.807) is 36.4 Å². The molecule has 0 aromatic heterocycles. The van der Waals surface area contributed by atoms with Crippen molar-refractivity contribution in [2.45, 2.75) is 27.7 Å². The van der Waals surface area contributed by atoms with E-state index in [2.05, 4.69) is 0 Å². The predicted octanol–water partition coefficient (Wildman–Crippen LogP) is 4.20. The zero-order chi connectivity index (χ0) is 25.5. The summed E-state index contributed by atoms with van der Waals surface area (Å²) in [7, 11) is 0. The average Bonchev–Trinajstić information content (AvgIpc) is 2.86. The average molecular weight is 481 g/mol. The second-order valence-corrected chi connectivity index (χ2v) is 10.5. The zero-order valence-electron chi connectivity index (χ0n) is 20.8. The molecule has 6 heteroatoms. The Bertz CT molecular complexity index is 1260. The van der Waals surface area contributed by atoms with Gasteiger partial charge in [-0.05, 0) is 73.9 Å². The Balaban J connectivity index is 1.45. The van der Waals surface area contributed by atoms with Crippen LogP contribution in [0.15, 0.2) is 60.7 Å². The third-order valence-corrected chi connectivity index (χ3v) is 8.81. The van der Waals surface area contributed by atoms with Crippen molar-refractivity contribution < 1.29 is 19.2 Å². The van der Waals surface area contributed by atoms with Crippen molar-refractivity contribution in [2.24, 2.45) is 35.5 Å². The van der Waals surface area contributed by atoms with Crippen LogP contribution < -0.4 is 9.80 Å². The normalized spacial score (nSPS) is 30.7. The Morgan fingerprint density at radius 3 is 1.11 bits per heavy atom. The van der Waals surface area contributed by atoms with Crippen molar-refractivity contribution in [1.29, 1.82) is 0 Å². The SMILES string of the molecule is Cc1cccc(N2C(=O)[C@H]3C=C[C@H]4C(=O)N(c5cccc(C)c5C)C(=O)[C@H]5C=C[C@@H](C2=O)C3C54)c1C. The van der Waals surface area contributed by atoms with Gasteiger partial charge in [-0.1, -0.05) is 48.6 Å². The first-order chi connectivity index (χ1) is 17.2. The summed E-state index contributed by atoms with van der Waals surface area (Å²) >= 11 is 0. The molecule has 2 aliphatic heterocycles. The molecule has 0 bridgehead atoms. The van der Waals surface area contributed by atoms with E-state index in [-0.39, 0.29) is 23.6 Å². The fourth-order valence-electron chi connectivity index (χ4n) is 6.63. The van der Waals surface area contributed by atoms with Crippen LogP contribution in [0, 0.1) is 63.2 Å². The molecular formula is C30H28N2O4. The molecule has 6 nitrogen and oxygen atoms in total. The van der Waals surface area contributed by atoms with Crippen LogP contribution in [-0.4, -0.2) is 23.6 Å². The molecule has 182 valence electrons. The summed E-state index contributed by atoms with van der Waals surface area (Å²) in [5, 5.41) is 0. The van der Waals surface area contributed by atoms with Crippen molar-refractivity contribution >= 4 is 35.0 Å². The Labute approximate surface area is 210 Å². The highest BCUT2D eigenvalue weighted by Gasteiger charge is 2.61. The van der Waals surface area contributed by atoms with Gasteiger partial charge in [-0.3, -0.25) is 19.2 Å². The molecule has 0 spiro atoms. The van der Waals surface area contributed by atoms with Crippen LogP contribution in [0.25, 0.3) is 0 Å². The number of rotatable bonds is 2. The van der Waals surface area contributed by atoms with Gasteiger partial charge in [0.25, 0.3) is 0 Å². The number of benzene rings is 2. The lowest BCUT2D eigenvalue weighted by Crippen LogP contribution is -2.64. The molecule has 4 amide bonds. The zero-order valence-corrected chi connectivity index (χ0v) is 20.8. The van der Waals surface area contributed by atoms with E-state index in [4.69, 9.17) is 0 Å². The van der Waals surface area contributed by atoms with E-state index in [9.17, 15) is 19.2 Å². The van der Waals surface area contributed by atoms with Crippen molar-refractivity contribution in [1.82, 2.24) is 0 Å². The molecule has 2 heterocycles. The number of carbonyl (C=O) groups excluding carboxylic acids is 4. The number of nitrogens with zero attached hydrogens (tertiary/aromatic N) is 2. The molecule has 6 rings (SSSR count). The van der Waals surface area contributed by atoms with Crippen LogP contribution in [0.2, 0.25) is 0 Å². The topological polar surface area (TPSA) is 74.8 Å². The molecule has 2 aromatic rings. The minimum Gasteiger partial charge on any atom is -0.273 e. The monoisotopic (exact) mass is 480 g/mol. The summed E-state index contributed by atoms with van der Waals surface area (Å²) < 4.78 is 0. The van der Waals surface area contributed by atoms with Crippen molar-refractivity contribution in [3.63, 3.8) is 0 Å². The number of anilines is 2. The number of hydrogen-bond acceptors (Lipinski definition) is 4. The smallest absolute Gasteiger partial charge is 0.241 e. The Hall–Kier alpha value is -3.80. The Morgan fingerprint density at radius 2 is 0.806 bits per heavy atom. The van der Waals surface area contributed by atoms with Crippen molar-refractivity contribution in [2.75, 3.05) is 9.80 Å². The second kappa shape index (κ2) is 7.85. The van der Waals surface area contributed by atoms with Gasteiger partial charge in [-0.15, -0.1) is 0 Å². The maximum absolute atomic E-state index is 13.8. The Morgan fingerprint density at radius 1 is 0.500 bits per heavy atom. The molecule has 2 unspecified atom stereocenters. The highest BCUT2D eigenvalue weighted by molar-refractivity contribution is 6.22. The summed E-state index contributed by atoms with van der Waals surface area (Å²) in [5.41, 5.74) is 4.99. The number of imide groups is 2. The summed E-state index contributed by atoms with van der Waals surface area (Å²) in [5.74, 6) is -4.20.